The molecule has 2 aliphatic rings. The molecule has 78 valence electrons. The Bertz CT molecular complexity index is 375. The fourth-order valence-electron chi connectivity index (χ4n) is 1.46. The van der Waals surface area contributed by atoms with E-state index in [0.717, 1.165) is 6.42 Å². The van der Waals surface area contributed by atoms with E-state index >= 15 is 0 Å². The molecule has 0 aromatic rings. The summed E-state index contributed by atoms with van der Waals surface area (Å²) >= 11 is 0. The highest BCUT2D eigenvalue weighted by Gasteiger charge is 2.32. The Morgan fingerprint density at radius 1 is 1.57 bits per heavy atom. The summed E-state index contributed by atoms with van der Waals surface area (Å²) < 4.78 is 28.9. The summed E-state index contributed by atoms with van der Waals surface area (Å²) in [4.78, 5) is 12.8. The van der Waals surface area contributed by atoms with Crippen molar-refractivity contribution in [3.8, 4) is 0 Å². The van der Waals surface area contributed by atoms with E-state index in [9.17, 15) is 13.2 Å². The molecule has 1 amide bonds. The molecule has 6 nitrogen and oxygen atoms in total. The Hall–Kier alpha value is -0.920. The van der Waals surface area contributed by atoms with E-state index in [2.05, 4.69) is 8.91 Å². The molecular weight excluding hydrogens is 208 g/mol. The normalized spacial score (nSPS) is 31.0. The van der Waals surface area contributed by atoms with E-state index in [4.69, 9.17) is 0 Å². The van der Waals surface area contributed by atoms with Crippen molar-refractivity contribution in [3.63, 3.8) is 0 Å². The number of rotatable bonds is 0. The van der Waals surface area contributed by atoms with Gasteiger partial charge in [-0.2, -0.15) is 13.1 Å². The molecule has 1 unspecified atom stereocenters. The van der Waals surface area contributed by atoms with Gasteiger partial charge in [0.1, 0.15) is 12.8 Å². The summed E-state index contributed by atoms with van der Waals surface area (Å²) in [6.45, 7) is 0.103. The van der Waals surface area contributed by atoms with E-state index in [0.29, 0.717) is 6.54 Å². The molecule has 7 heteroatoms. The van der Waals surface area contributed by atoms with Gasteiger partial charge in [-0.05, 0) is 6.42 Å². The van der Waals surface area contributed by atoms with E-state index in [-0.39, 0.29) is 5.91 Å². The third-order valence-corrected chi connectivity index (χ3v) is 3.07. The van der Waals surface area contributed by atoms with E-state index in [1.807, 2.05) is 6.08 Å². The first-order valence-electron chi connectivity index (χ1n) is 4.21. The summed E-state index contributed by atoms with van der Waals surface area (Å²) in [5.41, 5.74) is 0. The molecule has 0 bridgehead atoms. The van der Waals surface area contributed by atoms with Crippen LogP contribution in [0.4, 0.5) is 0 Å². The molecule has 0 radical (unpaired) electrons. The predicted octanol–water partition coefficient (Wildman–Crippen LogP) is -1.03. The summed E-state index contributed by atoms with van der Waals surface area (Å²) in [5, 5.41) is 0. The average Bonchev–Trinajstić information content (AvgIpc) is 2.25. The molecule has 2 aliphatic heterocycles. The second-order valence-electron chi connectivity index (χ2n) is 3.08. The first-order valence-corrected chi connectivity index (χ1v) is 5.62. The summed E-state index contributed by atoms with van der Waals surface area (Å²) in [5.74, 6) is -0.312. The number of hydrogen-bond donors (Lipinski definition) is 1. The second-order valence-corrected chi connectivity index (χ2v) is 4.46. The second kappa shape index (κ2) is 3.34. The maximum Gasteiger partial charge on any atom is 0.338 e. The average molecular weight is 218 g/mol. The van der Waals surface area contributed by atoms with Gasteiger partial charge in [-0.15, -0.1) is 0 Å². The zero-order valence-corrected chi connectivity index (χ0v) is 8.16. The smallest absolute Gasteiger partial charge is 0.320 e. The lowest BCUT2D eigenvalue weighted by Crippen LogP contribution is -2.48. The van der Waals surface area contributed by atoms with Crippen molar-refractivity contribution in [1.82, 2.24) is 9.62 Å². The number of nitrogens with zero attached hydrogens (tertiary/aromatic N) is 1. The van der Waals surface area contributed by atoms with Gasteiger partial charge in [-0.1, -0.05) is 12.2 Å². The van der Waals surface area contributed by atoms with Crippen LogP contribution in [-0.4, -0.2) is 38.5 Å². The van der Waals surface area contributed by atoms with Crippen molar-refractivity contribution < 1.29 is 17.4 Å². The van der Waals surface area contributed by atoms with Gasteiger partial charge >= 0.3 is 10.3 Å². The van der Waals surface area contributed by atoms with Gasteiger partial charge in [0.05, 0.1) is 0 Å². The Morgan fingerprint density at radius 3 is 3.14 bits per heavy atom. The minimum atomic E-state index is -3.79. The molecular formula is C7H10N2O4S. The molecule has 1 fully saturated rings. The molecule has 0 saturated carbocycles. The first-order chi connectivity index (χ1) is 6.58. The standard InChI is InChI=1S/C7H10N2O4S/c10-7-5-13-14(11,12)8-6-3-1-2-4-9(6)7/h1,3,6,8H,2,4-5H2. The zero-order chi connectivity index (χ0) is 10.2. The molecule has 2 heterocycles. The van der Waals surface area contributed by atoms with Gasteiger partial charge in [-0.25, -0.2) is 4.18 Å². The van der Waals surface area contributed by atoms with Crippen LogP contribution < -0.4 is 4.72 Å². The molecule has 0 aliphatic carbocycles. The van der Waals surface area contributed by atoms with Crippen LogP contribution in [0.3, 0.4) is 0 Å². The number of nitrogens with one attached hydrogen (secondary N) is 1. The van der Waals surface area contributed by atoms with Gasteiger partial charge in [0.25, 0.3) is 5.91 Å². The molecule has 1 atom stereocenters. The zero-order valence-electron chi connectivity index (χ0n) is 7.34. The maximum atomic E-state index is 11.4. The highest BCUT2D eigenvalue weighted by Crippen LogP contribution is 2.12. The van der Waals surface area contributed by atoms with Crippen LogP contribution >= 0.6 is 0 Å². The Balaban J connectivity index is 2.30. The van der Waals surface area contributed by atoms with E-state index in [1.54, 1.807) is 6.08 Å². The fraction of sp³-hybridized carbons (Fsp3) is 0.571. The topological polar surface area (TPSA) is 75.7 Å². The predicted molar refractivity (Wildman–Crippen MR) is 47.3 cm³/mol. The van der Waals surface area contributed by atoms with Gasteiger partial charge in [0, 0.05) is 6.54 Å². The Labute approximate surface area is 81.8 Å². The van der Waals surface area contributed by atoms with Gasteiger partial charge in [0.15, 0.2) is 0 Å². The monoisotopic (exact) mass is 218 g/mol. The number of amides is 1. The molecule has 1 N–H and O–H groups in total. The van der Waals surface area contributed by atoms with Crippen LogP contribution in [0.1, 0.15) is 6.42 Å². The molecule has 0 aromatic heterocycles. The number of fused-ring (bicyclic) bond motifs is 1. The van der Waals surface area contributed by atoms with Crippen LogP contribution in [0, 0.1) is 0 Å². The lowest BCUT2D eigenvalue weighted by molar-refractivity contribution is -0.134. The van der Waals surface area contributed by atoms with Crippen LogP contribution in [0.25, 0.3) is 0 Å². The van der Waals surface area contributed by atoms with E-state index < -0.39 is 23.1 Å². The highest BCUT2D eigenvalue weighted by atomic mass is 32.2. The summed E-state index contributed by atoms with van der Waals surface area (Å²) in [6, 6.07) is 0. The SMILES string of the molecule is O=C1COS(=O)(=O)NC2C=CCCN12. The minimum Gasteiger partial charge on any atom is -0.320 e. The van der Waals surface area contributed by atoms with Crippen molar-refractivity contribution >= 4 is 16.2 Å². The third kappa shape index (κ3) is 1.79. The quantitative estimate of drug-likeness (QED) is 0.527. The Kier molecular flexibility index (Phi) is 2.30. The molecule has 1 saturated heterocycles. The van der Waals surface area contributed by atoms with Crippen molar-refractivity contribution in [1.29, 1.82) is 0 Å². The van der Waals surface area contributed by atoms with Crippen LogP contribution in [0.15, 0.2) is 12.2 Å². The van der Waals surface area contributed by atoms with Gasteiger partial charge in [0.2, 0.25) is 0 Å². The number of carbonyl (C=O) groups excluding carboxylic acids is 1. The third-order valence-electron chi connectivity index (χ3n) is 2.11. The van der Waals surface area contributed by atoms with Crippen molar-refractivity contribution in [3.05, 3.63) is 12.2 Å². The number of hydrogen-bond acceptors (Lipinski definition) is 4. The maximum absolute atomic E-state index is 11.4. The Morgan fingerprint density at radius 2 is 2.36 bits per heavy atom. The van der Waals surface area contributed by atoms with Crippen LogP contribution in [0.5, 0.6) is 0 Å². The van der Waals surface area contributed by atoms with Gasteiger partial charge < -0.3 is 4.90 Å². The fourth-order valence-corrected chi connectivity index (χ4v) is 2.28. The summed E-state index contributed by atoms with van der Waals surface area (Å²) in [7, 11) is -3.79. The highest BCUT2D eigenvalue weighted by molar-refractivity contribution is 7.84. The molecule has 0 spiro atoms. The van der Waals surface area contributed by atoms with E-state index in [1.165, 1.54) is 4.90 Å². The van der Waals surface area contributed by atoms with Crippen LogP contribution in [0.2, 0.25) is 0 Å². The van der Waals surface area contributed by atoms with Crippen LogP contribution in [-0.2, 0) is 19.3 Å². The van der Waals surface area contributed by atoms with Crippen molar-refractivity contribution in [2.75, 3.05) is 13.2 Å². The molecule has 2 rings (SSSR count). The molecule has 0 aromatic carbocycles. The largest absolute Gasteiger partial charge is 0.338 e. The van der Waals surface area contributed by atoms with Crippen molar-refractivity contribution in [2.45, 2.75) is 12.6 Å². The molecule has 14 heavy (non-hydrogen) atoms. The minimum absolute atomic E-state index is 0.312. The number of carbonyl (C=O) groups is 1. The van der Waals surface area contributed by atoms with Crippen molar-refractivity contribution in [2.24, 2.45) is 0 Å². The first kappa shape index (κ1) is 9.63. The summed E-state index contributed by atoms with van der Waals surface area (Å²) in [6.07, 6.45) is 3.63. The van der Waals surface area contributed by atoms with Gasteiger partial charge in [-0.3, -0.25) is 4.79 Å². The lowest BCUT2D eigenvalue weighted by Gasteiger charge is -2.29. The lowest BCUT2D eigenvalue weighted by atomic mass is 10.2.